The van der Waals surface area contributed by atoms with Crippen molar-refractivity contribution in [2.24, 2.45) is 0 Å². The molecule has 0 aromatic heterocycles. The molecule has 2 nitrogen and oxygen atoms in total. The van der Waals surface area contributed by atoms with Crippen LogP contribution in [0.25, 0.3) is 0 Å². The van der Waals surface area contributed by atoms with E-state index < -0.39 is 0 Å². The topological polar surface area (TPSA) is 32.3 Å². The van der Waals surface area contributed by atoms with Crippen LogP contribution in [0.5, 0.6) is 0 Å². The van der Waals surface area contributed by atoms with Gasteiger partial charge in [0.05, 0.1) is 6.10 Å². The van der Waals surface area contributed by atoms with Crippen molar-refractivity contribution in [3.63, 3.8) is 0 Å². The van der Waals surface area contributed by atoms with Crippen LogP contribution in [0.3, 0.4) is 0 Å². The molecule has 1 heterocycles. The third kappa shape index (κ3) is 0.882. The Morgan fingerprint density at radius 1 is 1.75 bits per heavy atom. The van der Waals surface area contributed by atoms with Crippen LogP contribution >= 0.6 is 0 Å². The highest BCUT2D eigenvalue weighted by molar-refractivity contribution is 6.12. The van der Waals surface area contributed by atoms with E-state index in [1.54, 1.807) is 0 Å². The molecule has 1 saturated heterocycles. The normalized spacial score (nSPS) is 47.5. The van der Waals surface area contributed by atoms with Gasteiger partial charge in [-0.1, -0.05) is 6.92 Å². The van der Waals surface area contributed by atoms with Gasteiger partial charge in [0, 0.05) is 12.6 Å². The first-order valence-corrected chi connectivity index (χ1v) is 3.13. The Morgan fingerprint density at radius 2 is 2.38 bits per heavy atom. The number of aliphatic hydroxyl groups is 1. The van der Waals surface area contributed by atoms with Gasteiger partial charge in [0.15, 0.2) is 0 Å². The highest BCUT2D eigenvalue weighted by Gasteiger charge is 2.26. The van der Waals surface area contributed by atoms with E-state index in [4.69, 9.17) is 5.11 Å². The summed E-state index contributed by atoms with van der Waals surface area (Å²) in [6.07, 6.45) is -0.120. The summed E-state index contributed by atoms with van der Waals surface area (Å²) >= 11 is 0. The summed E-state index contributed by atoms with van der Waals surface area (Å²) in [6.45, 7) is 2.86. The van der Waals surface area contributed by atoms with Crippen LogP contribution < -0.4 is 5.32 Å². The van der Waals surface area contributed by atoms with Crippen LogP contribution in [0.2, 0.25) is 5.82 Å². The lowest BCUT2D eigenvalue weighted by atomic mass is 9.80. The Kier molecular flexibility index (Phi) is 1.58. The Hall–Kier alpha value is -0.0151. The van der Waals surface area contributed by atoms with E-state index in [1.807, 2.05) is 0 Å². The Labute approximate surface area is 50.7 Å². The predicted octanol–water partition coefficient (Wildman–Crippen LogP) is -1.24. The van der Waals surface area contributed by atoms with Gasteiger partial charge in [-0.15, -0.1) is 0 Å². The molecular formula is C5H12BNO. The molecule has 8 heavy (non-hydrogen) atoms. The lowest BCUT2D eigenvalue weighted by molar-refractivity contribution is 0.194. The molecule has 0 radical (unpaired) electrons. The summed E-state index contributed by atoms with van der Waals surface area (Å²) in [5.41, 5.74) is 0. The fraction of sp³-hybridized carbons (Fsp3) is 1.00. The highest BCUT2D eigenvalue weighted by Crippen LogP contribution is 2.16. The second kappa shape index (κ2) is 2.07. The molecule has 0 aromatic rings. The standard InChI is InChI=1S/C5H12BNO/c1-3-5(6)4(8)2-7-3/h3-5,7-8H,2,6H2,1H3. The summed E-state index contributed by atoms with van der Waals surface area (Å²) in [5, 5.41) is 12.3. The Balaban J connectivity index is 2.44. The minimum atomic E-state index is -0.120. The van der Waals surface area contributed by atoms with Gasteiger partial charge in [0.25, 0.3) is 0 Å². The second-order valence-corrected chi connectivity index (χ2v) is 2.62. The van der Waals surface area contributed by atoms with Crippen LogP contribution in [-0.4, -0.2) is 31.6 Å². The van der Waals surface area contributed by atoms with Crippen LogP contribution in [0, 0.1) is 0 Å². The van der Waals surface area contributed by atoms with E-state index in [0.717, 1.165) is 6.54 Å². The van der Waals surface area contributed by atoms with Gasteiger partial charge in [-0.05, 0) is 5.82 Å². The first-order chi connectivity index (χ1) is 3.72. The molecule has 1 rings (SSSR count). The number of aliphatic hydroxyl groups excluding tert-OH is 1. The van der Waals surface area contributed by atoms with Crippen molar-refractivity contribution in [1.29, 1.82) is 0 Å². The van der Waals surface area contributed by atoms with Crippen molar-refractivity contribution in [3.05, 3.63) is 0 Å². The van der Waals surface area contributed by atoms with Crippen molar-refractivity contribution in [2.45, 2.75) is 24.9 Å². The van der Waals surface area contributed by atoms with Gasteiger partial charge in [-0.25, -0.2) is 0 Å². The fourth-order valence-electron chi connectivity index (χ4n) is 1.01. The molecule has 1 aliphatic heterocycles. The zero-order valence-corrected chi connectivity index (χ0v) is 5.39. The number of rotatable bonds is 0. The number of nitrogens with one attached hydrogen (secondary N) is 1. The van der Waals surface area contributed by atoms with Crippen molar-refractivity contribution < 1.29 is 5.11 Å². The summed E-state index contributed by atoms with van der Waals surface area (Å²) < 4.78 is 0. The van der Waals surface area contributed by atoms with Gasteiger partial charge in [-0.3, -0.25) is 0 Å². The summed E-state index contributed by atoms with van der Waals surface area (Å²) in [5.74, 6) is 0.426. The second-order valence-electron chi connectivity index (χ2n) is 2.62. The van der Waals surface area contributed by atoms with Gasteiger partial charge in [0.1, 0.15) is 7.85 Å². The summed E-state index contributed by atoms with van der Waals surface area (Å²) in [6, 6.07) is 0.491. The third-order valence-corrected chi connectivity index (χ3v) is 2.04. The summed E-state index contributed by atoms with van der Waals surface area (Å²) in [4.78, 5) is 0. The lowest BCUT2D eigenvalue weighted by Crippen LogP contribution is -2.19. The van der Waals surface area contributed by atoms with Crippen molar-refractivity contribution in [1.82, 2.24) is 5.32 Å². The van der Waals surface area contributed by atoms with Gasteiger partial charge in [0.2, 0.25) is 0 Å². The third-order valence-electron chi connectivity index (χ3n) is 2.04. The molecular weight excluding hydrogens is 101 g/mol. The van der Waals surface area contributed by atoms with E-state index in [2.05, 4.69) is 20.1 Å². The maximum Gasteiger partial charge on any atom is 0.110 e. The molecule has 0 aliphatic carbocycles. The molecule has 46 valence electrons. The highest BCUT2D eigenvalue weighted by atomic mass is 16.3. The van der Waals surface area contributed by atoms with Gasteiger partial charge >= 0.3 is 0 Å². The molecule has 3 unspecified atom stereocenters. The molecule has 3 atom stereocenters. The van der Waals surface area contributed by atoms with Crippen molar-refractivity contribution in [3.8, 4) is 0 Å². The lowest BCUT2D eigenvalue weighted by Gasteiger charge is -2.09. The average molecular weight is 113 g/mol. The maximum atomic E-state index is 9.11. The smallest absolute Gasteiger partial charge is 0.110 e. The van der Waals surface area contributed by atoms with E-state index in [1.165, 1.54) is 0 Å². The van der Waals surface area contributed by atoms with Crippen LogP contribution in [-0.2, 0) is 0 Å². The number of hydrogen-bond acceptors (Lipinski definition) is 2. The SMILES string of the molecule is BC1C(O)CNC1C. The van der Waals surface area contributed by atoms with Crippen molar-refractivity contribution >= 4 is 7.85 Å². The predicted molar refractivity (Wildman–Crippen MR) is 35.8 cm³/mol. The van der Waals surface area contributed by atoms with Crippen molar-refractivity contribution in [2.75, 3.05) is 6.54 Å². The molecule has 0 amide bonds. The molecule has 3 heteroatoms. The maximum absolute atomic E-state index is 9.11. The Bertz CT molecular complexity index is 78.5. The zero-order valence-electron chi connectivity index (χ0n) is 5.39. The van der Waals surface area contributed by atoms with Crippen LogP contribution in [0.1, 0.15) is 6.92 Å². The Morgan fingerprint density at radius 3 is 2.50 bits per heavy atom. The van der Waals surface area contributed by atoms with Gasteiger partial charge < -0.3 is 10.4 Å². The zero-order chi connectivity index (χ0) is 6.15. The molecule has 0 saturated carbocycles. The number of β-amino-alcohol motifs (C(OH)–C–C–N with tert-alkyl or cyclic N) is 1. The van der Waals surface area contributed by atoms with E-state index >= 15 is 0 Å². The molecule has 1 fully saturated rings. The minimum Gasteiger partial charge on any atom is -0.392 e. The molecule has 2 N–H and O–H groups in total. The molecule has 0 spiro atoms. The molecule has 1 aliphatic rings. The first-order valence-electron chi connectivity index (χ1n) is 3.13. The summed E-state index contributed by atoms with van der Waals surface area (Å²) in [7, 11) is 2.06. The van der Waals surface area contributed by atoms with Crippen LogP contribution in [0.4, 0.5) is 0 Å². The van der Waals surface area contributed by atoms with Crippen LogP contribution in [0.15, 0.2) is 0 Å². The van der Waals surface area contributed by atoms with Gasteiger partial charge in [-0.2, -0.15) is 0 Å². The molecule has 0 bridgehead atoms. The monoisotopic (exact) mass is 113 g/mol. The average Bonchev–Trinajstić information content (AvgIpc) is 1.98. The van der Waals surface area contributed by atoms with E-state index in [0.29, 0.717) is 11.9 Å². The fourth-order valence-corrected chi connectivity index (χ4v) is 1.01. The number of hydrogen-bond donors (Lipinski definition) is 2. The van der Waals surface area contributed by atoms with E-state index in [-0.39, 0.29) is 6.10 Å². The minimum absolute atomic E-state index is 0.120. The largest absolute Gasteiger partial charge is 0.392 e. The van der Waals surface area contributed by atoms with E-state index in [9.17, 15) is 0 Å². The quantitative estimate of drug-likeness (QED) is 0.385. The first kappa shape index (κ1) is 6.11. The molecule has 0 aromatic carbocycles.